The summed E-state index contributed by atoms with van der Waals surface area (Å²) in [4.78, 5) is 11.3. The highest BCUT2D eigenvalue weighted by Gasteiger charge is 2.27. The van der Waals surface area contributed by atoms with Crippen molar-refractivity contribution >= 4 is 5.91 Å². The lowest BCUT2D eigenvalue weighted by Gasteiger charge is -2.16. The second-order valence-corrected chi connectivity index (χ2v) is 4.39. The lowest BCUT2D eigenvalue weighted by atomic mass is 10.3. The first-order chi connectivity index (χ1) is 8.69. The molecule has 2 rings (SSSR count). The maximum absolute atomic E-state index is 11.3. The minimum Gasteiger partial charge on any atom is -0.497 e. The van der Waals surface area contributed by atoms with E-state index in [9.17, 15) is 4.79 Å². The molecule has 18 heavy (non-hydrogen) atoms. The van der Waals surface area contributed by atoms with E-state index in [1.807, 2.05) is 18.2 Å². The Morgan fingerprint density at radius 3 is 2.83 bits per heavy atom. The summed E-state index contributed by atoms with van der Waals surface area (Å²) in [5, 5.41) is 3.16. The molecule has 0 saturated heterocycles. The monoisotopic (exact) mass is 250 g/mol. The molecule has 5 heteroatoms. The smallest absolute Gasteiger partial charge is 0.238 e. The molecule has 0 spiro atoms. The average Bonchev–Trinajstić information content (AvgIpc) is 3.18. The minimum atomic E-state index is -0.441. The van der Waals surface area contributed by atoms with Crippen molar-refractivity contribution in [2.45, 2.75) is 24.9 Å². The third-order valence-electron chi connectivity index (χ3n) is 2.82. The molecule has 0 bridgehead atoms. The van der Waals surface area contributed by atoms with Crippen molar-refractivity contribution in [3.8, 4) is 11.5 Å². The molecule has 1 fully saturated rings. The number of hydrogen-bond acceptors (Lipinski definition) is 4. The Morgan fingerprint density at radius 1 is 1.50 bits per heavy atom. The van der Waals surface area contributed by atoms with Crippen molar-refractivity contribution in [3.05, 3.63) is 24.3 Å². The quantitative estimate of drug-likeness (QED) is 0.746. The van der Waals surface area contributed by atoms with Gasteiger partial charge in [0.2, 0.25) is 5.91 Å². The number of carbonyl (C=O) groups is 1. The van der Waals surface area contributed by atoms with E-state index in [2.05, 4.69) is 5.32 Å². The van der Waals surface area contributed by atoms with Crippen LogP contribution in [0, 0.1) is 0 Å². The number of benzene rings is 1. The van der Waals surface area contributed by atoms with Crippen LogP contribution >= 0.6 is 0 Å². The van der Waals surface area contributed by atoms with Crippen LogP contribution in [0.1, 0.15) is 12.8 Å². The fourth-order valence-electron chi connectivity index (χ4n) is 1.62. The molecule has 1 amide bonds. The van der Waals surface area contributed by atoms with E-state index in [-0.39, 0.29) is 12.5 Å². The molecule has 1 saturated carbocycles. The van der Waals surface area contributed by atoms with Crippen molar-refractivity contribution in [2.24, 2.45) is 5.73 Å². The Balaban J connectivity index is 1.88. The zero-order chi connectivity index (χ0) is 13.0. The standard InChI is InChI=1S/C13H18N2O3/c1-17-10-3-2-4-11(7-10)18-8-12(13(14)16)15-9-5-6-9/h2-4,7,9,12,15H,5-6,8H2,1H3,(H2,14,16). The highest BCUT2D eigenvalue weighted by Crippen LogP contribution is 2.21. The first-order valence-corrected chi connectivity index (χ1v) is 6.01. The molecule has 1 aliphatic rings. The summed E-state index contributed by atoms with van der Waals surface area (Å²) in [6.07, 6.45) is 2.20. The van der Waals surface area contributed by atoms with Crippen molar-refractivity contribution < 1.29 is 14.3 Å². The molecule has 0 radical (unpaired) electrons. The first kappa shape index (κ1) is 12.7. The molecule has 5 nitrogen and oxygen atoms in total. The predicted molar refractivity (Wildman–Crippen MR) is 67.6 cm³/mol. The molecule has 1 unspecified atom stereocenters. The molecule has 1 aliphatic carbocycles. The maximum atomic E-state index is 11.3. The van der Waals surface area contributed by atoms with E-state index in [0.717, 1.165) is 18.6 Å². The van der Waals surface area contributed by atoms with Crippen molar-refractivity contribution in [2.75, 3.05) is 13.7 Å². The van der Waals surface area contributed by atoms with Gasteiger partial charge in [-0.3, -0.25) is 4.79 Å². The number of amides is 1. The van der Waals surface area contributed by atoms with Gasteiger partial charge in [-0.05, 0) is 25.0 Å². The lowest BCUT2D eigenvalue weighted by molar-refractivity contribution is -0.120. The molecule has 3 N–H and O–H groups in total. The zero-order valence-electron chi connectivity index (χ0n) is 10.4. The largest absolute Gasteiger partial charge is 0.497 e. The summed E-state index contributed by atoms with van der Waals surface area (Å²) in [7, 11) is 1.60. The van der Waals surface area contributed by atoms with E-state index in [4.69, 9.17) is 15.2 Å². The second-order valence-electron chi connectivity index (χ2n) is 4.39. The third kappa shape index (κ3) is 3.63. The SMILES string of the molecule is COc1cccc(OCC(NC2CC2)C(N)=O)c1. The molecule has 1 atom stereocenters. The fraction of sp³-hybridized carbons (Fsp3) is 0.462. The maximum Gasteiger partial charge on any atom is 0.238 e. The van der Waals surface area contributed by atoms with Crippen molar-refractivity contribution in [1.82, 2.24) is 5.32 Å². The van der Waals surface area contributed by atoms with Gasteiger partial charge in [-0.1, -0.05) is 6.07 Å². The Labute approximate surface area is 106 Å². The van der Waals surface area contributed by atoms with Crippen LogP contribution < -0.4 is 20.5 Å². The van der Waals surface area contributed by atoms with E-state index in [1.54, 1.807) is 13.2 Å². The van der Waals surface area contributed by atoms with Gasteiger partial charge in [0, 0.05) is 12.1 Å². The van der Waals surface area contributed by atoms with Gasteiger partial charge in [0.05, 0.1) is 7.11 Å². The molecular weight excluding hydrogens is 232 g/mol. The number of methoxy groups -OCH3 is 1. The highest BCUT2D eigenvalue weighted by atomic mass is 16.5. The summed E-state index contributed by atoms with van der Waals surface area (Å²) in [6, 6.07) is 7.23. The van der Waals surface area contributed by atoms with Crippen LogP contribution in [0.5, 0.6) is 11.5 Å². The molecule has 1 aromatic carbocycles. The molecule has 98 valence electrons. The van der Waals surface area contributed by atoms with E-state index >= 15 is 0 Å². The lowest BCUT2D eigenvalue weighted by Crippen LogP contribution is -2.46. The fourth-order valence-corrected chi connectivity index (χ4v) is 1.62. The third-order valence-corrected chi connectivity index (χ3v) is 2.82. The summed E-state index contributed by atoms with van der Waals surface area (Å²) in [5.41, 5.74) is 5.33. The Hall–Kier alpha value is -1.75. The minimum absolute atomic E-state index is 0.235. The van der Waals surface area contributed by atoms with Crippen LogP contribution in [0.3, 0.4) is 0 Å². The van der Waals surface area contributed by atoms with E-state index < -0.39 is 6.04 Å². The Morgan fingerprint density at radius 2 is 2.22 bits per heavy atom. The van der Waals surface area contributed by atoms with Gasteiger partial charge in [-0.15, -0.1) is 0 Å². The number of rotatable bonds is 7. The summed E-state index contributed by atoms with van der Waals surface area (Å²) < 4.78 is 10.7. The molecular formula is C13H18N2O3. The zero-order valence-corrected chi connectivity index (χ0v) is 10.4. The van der Waals surface area contributed by atoms with Crippen LogP contribution in [-0.2, 0) is 4.79 Å². The van der Waals surface area contributed by atoms with Gasteiger partial charge in [0.15, 0.2) is 0 Å². The molecule has 1 aromatic rings. The van der Waals surface area contributed by atoms with Gasteiger partial charge >= 0.3 is 0 Å². The van der Waals surface area contributed by atoms with E-state index in [1.165, 1.54) is 0 Å². The number of hydrogen-bond donors (Lipinski definition) is 2. The average molecular weight is 250 g/mol. The normalized spacial score (nSPS) is 16.1. The van der Waals surface area contributed by atoms with Crippen LogP contribution in [-0.4, -0.2) is 31.7 Å². The second kappa shape index (κ2) is 5.73. The predicted octanol–water partition coefficient (Wildman–Crippen LogP) is 0.680. The van der Waals surface area contributed by atoms with Gasteiger partial charge < -0.3 is 20.5 Å². The molecule has 0 aliphatic heterocycles. The first-order valence-electron chi connectivity index (χ1n) is 6.01. The molecule has 0 heterocycles. The van der Waals surface area contributed by atoms with Crippen molar-refractivity contribution in [3.63, 3.8) is 0 Å². The number of primary amides is 1. The van der Waals surface area contributed by atoms with Crippen LogP contribution in [0.2, 0.25) is 0 Å². The summed E-state index contributed by atoms with van der Waals surface area (Å²) >= 11 is 0. The number of nitrogens with one attached hydrogen (secondary N) is 1. The van der Waals surface area contributed by atoms with Crippen LogP contribution in [0.15, 0.2) is 24.3 Å². The van der Waals surface area contributed by atoms with Crippen LogP contribution in [0.25, 0.3) is 0 Å². The topological polar surface area (TPSA) is 73.6 Å². The van der Waals surface area contributed by atoms with Gasteiger partial charge in [-0.2, -0.15) is 0 Å². The summed E-state index contributed by atoms with van der Waals surface area (Å²) in [5.74, 6) is 1.00. The van der Waals surface area contributed by atoms with Gasteiger partial charge in [0.25, 0.3) is 0 Å². The van der Waals surface area contributed by atoms with Gasteiger partial charge in [-0.25, -0.2) is 0 Å². The highest BCUT2D eigenvalue weighted by molar-refractivity contribution is 5.80. The van der Waals surface area contributed by atoms with Crippen LogP contribution in [0.4, 0.5) is 0 Å². The molecule has 0 aromatic heterocycles. The Kier molecular flexibility index (Phi) is 4.04. The summed E-state index contributed by atoms with van der Waals surface area (Å²) in [6.45, 7) is 0.235. The number of carbonyl (C=O) groups excluding carboxylic acids is 1. The Bertz CT molecular complexity index is 418. The number of nitrogens with two attached hydrogens (primary N) is 1. The number of ether oxygens (including phenoxy) is 2. The van der Waals surface area contributed by atoms with Crippen molar-refractivity contribution in [1.29, 1.82) is 0 Å². The van der Waals surface area contributed by atoms with E-state index in [0.29, 0.717) is 11.8 Å². The van der Waals surface area contributed by atoms with Gasteiger partial charge in [0.1, 0.15) is 24.1 Å².